The molecule has 1 aromatic carbocycles. The van der Waals surface area contributed by atoms with Gasteiger partial charge in [-0.15, -0.1) is 11.8 Å². The molecule has 6 heteroatoms. The predicted octanol–water partition coefficient (Wildman–Crippen LogP) is 3.60. The number of β-amino-alcohol motifs (C(OH)–C–C–N with tert-alkyl or cyclic N) is 1. The Kier molecular flexibility index (Phi) is 4.63. The van der Waals surface area contributed by atoms with Crippen molar-refractivity contribution >= 4 is 28.5 Å². The number of pyridine rings is 1. The predicted molar refractivity (Wildman–Crippen MR) is 105 cm³/mol. The van der Waals surface area contributed by atoms with Crippen molar-refractivity contribution in [1.82, 2.24) is 10.1 Å². The Labute approximate surface area is 157 Å². The van der Waals surface area contributed by atoms with E-state index >= 15 is 0 Å². The Morgan fingerprint density at radius 3 is 2.81 bits per heavy atom. The minimum absolute atomic E-state index is 0.123. The zero-order valence-corrected chi connectivity index (χ0v) is 16.1. The lowest BCUT2D eigenvalue weighted by Crippen LogP contribution is -2.22. The van der Waals surface area contributed by atoms with Gasteiger partial charge in [-0.3, -0.25) is 0 Å². The maximum absolute atomic E-state index is 10.5. The number of hydrogen-bond acceptors (Lipinski definition) is 6. The smallest absolute Gasteiger partial charge is 0.137 e. The van der Waals surface area contributed by atoms with Crippen LogP contribution in [0.1, 0.15) is 17.0 Å². The van der Waals surface area contributed by atoms with Crippen LogP contribution in [-0.2, 0) is 6.42 Å². The van der Waals surface area contributed by atoms with Crippen molar-refractivity contribution in [3.63, 3.8) is 0 Å². The van der Waals surface area contributed by atoms with E-state index < -0.39 is 6.10 Å². The van der Waals surface area contributed by atoms with Gasteiger partial charge in [-0.1, -0.05) is 11.2 Å². The summed E-state index contributed by atoms with van der Waals surface area (Å²) in [5, 5.41) is 15.6. The van der Waals surface area contributed by atoms with Gasteiger partial charge in [-0.25, -0.2) is 4.98 Å². The molecule has 1 saturated heterocycles. The van der Waals surface area contributed by atoms with Crippen molar-refractivity contribution in [1.29, 1.82) is 0 Å². The Bertz CT molecular complexity index is 940. The molecule has 2 atom stereocenters. The minimum atomic E-state index is -0.393. The van der Waals surface area contributed by atoms with Crippen LogP contribution in [0.2, 0.25) is 0 Å². The summed E-state index contributed by atoms with van der Waals surface area (Å²) in [5.74, 6) is 1.89. The second-order valence-electron chi connectivity index (χ2n) is 7.05. The zero-order chi connectivity index (χ0) is 18.3. The van der Waals surface area contributed by atoms with E-state index in [1.165, 1.54) is 15.8 Å². The number of rotatable bonds is 4. The van der Waals surface area contributed by atoms with Crippen LogP contribution in [0.15, 0.2) is 39.8 Å². The van der Waals surface area contributed by atoms with E-state index in [4.69, 9.17) is 9.51 Å². The van der Waals surface area contributed by atoms with Gasteiger partial charge in [0, 0.05) is 41.8 Å². The second kappa shape index (κ2) is 6.93. The highest BCUT2D eigenvalue weighted by Crippen LogP contribution is 2.30. The molecule has 0 bridgehead atoms. The molecule has 0 amide bonds. The third-order valence-corrected chi connectivity index (χ3v) is 5.81. The molecule has 3 heterocycles. The molecule has 0 unspecified atom stereocenters. The van der Waals surface area contributed by atoms with Gasteiger partial charge in [0.05, 0.1) is 17.3 Å². The molecule has 4 rings (SSSR count). The highest BCUT2D eigenvalue weighted by molar-refractivity contribution is 7.98. The van der Waals surface area contributed by atoms with E-state index in [1.807, 2.05) is 13.0 Å². The summed E-state index contributed by atoms with van der Waals surface area (Å²) < 4.78 is 5.32. The number of aromatic nitrogens is 2. The van der Waals surface area contributed by atoms with Gasteiger partial charge in [-0.05, 0) is 43.9 Å². The number of aryl methyl sites for hydroxylation is 2. The summed E-state index contributed by atoms with van der Waals surface area (Å²) in [6.45, 7) is 5.39. The Morgan fingerprint density at radius 2 is 2.08 bits per heavy atom. The molecule has 0 radical (unpaired) electrons. The number of hydrogen-bond donors (Lipinski definition) is 1. The molecule has 5 nitrogen and oxygen atoms in total. The first-order valence-corrected chi connectivity index (χ1v) is 10.1. The lowest BCUT2D eigenvalue weighted by Gasteiger charge is -2.18. The van der Waals surface area contributed by atoms with Crippen molar-refractivity contribution < 1.29 is 9.63 Å². The van der Waals surface area contributed by atoms with E-state index in [1.54, 1.807) is 11.8 Å². The van der Waals surface area contributed by atoms with Crippen LogP contribution in [0, 0.1) is 19.8 Å². The molecule has 1 aliphatic rings. The zero-order valence-electron chi connectivity index (χ0n) is 15.3. The van der Waals surface area contributed by atoms with Crippen molar-refractivity contribution in [3.8, 4) is 0 Å². The van der Waals surface area contributed by atoms with Crippen LogP contribution >= 0.6 is 11.8 Å². The van der Waals surface area contributed by atoms with Crippen LogP contribution < -0.4 is 4.90 Å². The number of fused-ring (bicyclic) bond motifs is 1. The Balaban J connectivity index is 1.59. The maximum Gasteiger partial charge on any atom is 0.137 e. The first kappa shape index (κ1) is 17.4. The quantitative estimate of drug-likeness (QED) is 0.709. The number of thioether (sulfide) groups is 1. The van der Waals surface area contributed by atoms with Crippen molar-refractivity contribution in [3.05, 3.63) is 47.3 Å². The number of benzene rings is 1. The molecular formula is C20H23N3O2S. The van der Waals surface area contributed by atoms with Crippen molar-refractivity contribution in [2.75, 3.05) is 24.2 Å². The summed E-state index contributed by atoms with van der Waals surface area (Å²) in [7, 11) is 0. The highest BCUT2D eigenvalue weighted by Gasteiger charge is 2.33. The SMILES string of the molecule is CSc1ccc2c(C)cc(N3C[C@@H](Cc4cc(C)no4)[C@@H](O)C3)nc2c1. The van der Waals surface area contributed by atoms with E-state index in [9.17, 15) is 5.11 Å². The fourth-order valence-corrected chi connectivity index (χ4v) is 4.10. The molecule has 3 aromatic rings. The average molecular weight is 369 g/mol. The van der Waals surface area contributed by atoms with E-state index in [2.05, 4.69) is 47.5 Å². The molecule has 1 fully saturated rings. The average Bonchev–Trinajstić information content (AvgIpc) is 3.20. The standard InChI is InChI=1S/C20H23N3O2S/c1-12-6-20(21-18-9-16(26-3)4-5-17(12)18)23-10-14(19(24)11-23)8-15-7-13(2)22-25-15/h4-7,9,14,19,24H,8,10-11H2,1-3H3/t14-,19+/m1/s1. The largest absolute Gasteiger partial charge is 0.391 e. The van der Waals surface area contributed by atoms with Crippen LogP contribution in [0.5, 0.6) is 0 Å². The molecule has 1 N–H and O–H groups in total. The van der Waals surface area contributed by atoms with Gasteiger partial charge >= 0.3 is 0 Å². The lowest BCUT2D eigenvalue weighted by molar-refractivity contribution is 0.143. The summed E-state index contributed by atoms with van der Waals surface area (Å²) in [5.41, 5.74) is 3.10. The molecule has 26 heavy (non-hydrogen) atoms. The summed E-state index contributed by atoms with van der Waals surface area (Å²) in [6.07, 6.45) is 2.38. The molecule has 136 valence electrons. The van der Waals surface area contributed by atoms with Crippen molar-refractivity contribution in [2.24, 2.45) is 5.92 Å². The first-order chi connectivity index (χ1) is 12.5. The topological polar surface area (TPSA) is 62.4 Å². The van der Waals surface area contributed by atoms with Crippen LogP contribution in [-0.4, -0.2) is 40.7 Å². The first-order valence-electron chi connectivity index (χ1n) is 8.84. The number of nitrogens with zero attached hydrogens (tertiary/aromatic N) is 3. The fourth-order valence-electron chi connectivity index (χ4n) is 3.67. The summed E-state index contributed by atoms with van der Waals surface area (Å²) in [4.78, 5) is 8.26. The molecular weight excluding hydrogens is 346 g/mol. The normalized spacial score (nSPS) is 20.2. The molecule has 0 saturated carbocycles. The summed E-state index contributed by atoms with van der Waals surface area (Å²) in [6, 6.07) is 10.5. The van der Waals surface area contributed by atoms with Gasteiger partial charge in [0.15, 0.2) is 0 Å². The minimum Gasteiger partial charge on any atom is -0.391 e. The second-order valence-corrected chi connectivity index (χ2v) is 7.93. The van der Waals surface area contributed by atoms with E-state index in [-0.39, 0.29) is 5.92 Å². The molecule has 2 aromatic heterocycles. The third-order valence-electron chi connectivity index (χ3n) is 5.08. The monoisotopic (exact) mass is 369 g/mol. The summed E-state index contributed by atoms with van der Waals surface area (Å²) >= 11 is 1.72. The number of aliphatic hydroxyl groups excluding tert-OH is 1. The molecule has 1 aliphatic heterocycles. The Morgan fingerprint density at radius 1 is 1.23 bits per heavy atom. The highest BCUT2D eigenvalue weighted by atomic mass is 32.2. The van der Waals surface area contributed by atoms with E-state index in [0.29, 0.717) is 13.0 Å². The Hall–Kier alpha value is -2.05. The van der Waals surface area contributed by atoms with Gasteiger partial charge < -0.3 is 14.5 Å². The van der Waals surface area contributed by atoms with Gasteiger partial charge in [-0.2, -0.15) is 0 Å². The van der Waals surface area contributed by atoms with Gasteiger partial charge in [0.25, 0.3) is 0 Å². The van der Waals surface area contributed by atoms with E-state index in [0.717, 1.165) is 29.3 Å². The fraction of sp³-hybridized carbons (Fsp3) is 0.400. The lowest BCUT2D eigenvalue weighted by atomic mass is 10.0. The van der Waals surface area contributed by atoms with Crippen LogP contribution in [0.25, 0.3) is 10.9 Å². The maximum atomic E-state index is 10.5. The molecule has 0 aliphatic carbocycles. The van der Waals surface area contributed by atoms with Crippen LogP contribution in [0.4, 0.5) is 5.82 Å². The van der Waals surface area contributed by atoms with Crippen LogP contribution in [0.3, 0.4) is 0 Å². The van der Waals surface area contributed by atoms with Gasteiger partial charge in [0.2, 0.25) is 0 Å². The molecule has 0 spiro atoms. The number of anilines is 1. The van der Waals surface area contributed by atoms with Crippen molar-refractivity contribution in [2.45, 2.75) is 31.3 Å². The third kappa shape index (κ3) is 3.31. The number of aliphatic hydroxyl groups is 1. The van der Waals surface area contributed by atoms with Gasteiger partial charge in [0.1, 0.15) is 11.6 Å².